The topological polar surface area (TPSA) is 59.3 Å². The average Bonchev–Trinajstić information content (AvgIpc) is 2.09. The number of carbonyl (C=O) groups is 1. The van der Waals surface area contributed by atoms with Crippen LogP contribution in [-0.4, -0.2) is 24.8 Å². The van der Waals surface area contributed by atoms with Gasteiger partial charge in [0.1, 0.15) is 11.2 Å². The molecular weight excluding hydrogens is 182 g/mol. The van der Waals surface area contributed by atoms with Crippen molar-refractivity contribution < 1.29 is 14.3 Å². The summed E-state index contributed by atoms with van der Waals surface area (Å²) in [5.74, 6) is -0.657. The zero-order valence-electron chi connectivity index (χ0n) is 8.79. The number of ketones is 1. The first-order valence-corrected chi connectivity index (χ1v) is 4.58. The van der Waals surface area contributed by atoms with Crippen molar-refractivity contribution in [3.8, 4) is 6.07 Å². The van der Waals surface area contributed by atoms with Crippen LogP contribution in [0, 0.1) is 16.7 Å². The van der Waals surface area contributed by atoms with Gasteiger partial charge in [-0.25, -0.2) is 0 Å². The Hall–Kier alpha value is -0.920. The van der Waals surface area contributed by atoms with Crippen LogP contribution >= 0.6 is 0 Å². The predicted molar refractivity (Wildman–Crippen MR) is 49.3 cm³/mol. The van der Waals surface area contributed by atoms with Crippen LogP contribution in [0.2, 0.25) is 0 Å². The van der Waals surface area contributed by atoms with E-state index < -0.39 is 11.2 Å². The molecule has 1 heterocycles. The first-order chi connectivity index (χ1) is 6.39. The van der Waals surface area contributed by atoms with Gasteiger partial charge in [-0.2, -0.15) is 5.26 Å². The molecule has 0 N–H and O–H groups in total. The summed E-state index contributed by atoms with van der Waals surface area (Å²) < 4.78 is 10.8. The van der Waals surface area contributed by atoms with Crippen molar-refractivity contribution in [2.24, 2.45) is 5.41 Å². The van der Waals surface area contributed by atoms with E-state index in [0.717, 1.165) is 0 Å². The lowest BCUT2D eigenvalue weighted by molar-refractivity contribution is -0.275. The molecular formula is C10H15NO3. The zero-order chi connectivity index (χ0) is 10.8. The minimum Gasteiger partial charge on any atom is -0.349 e. The molecule has 1 rings (SSSR count). The molecule has 0 spiro atoms. The highest BCUT2D eigenvalue weighted by atomic mass is 16.7. The Morgan fingerprint density at radius 2 is 1.93 bits per heavy atom. The summed E-state index contributed by atoms with van der Waals surface area (Å²) in [6.07, 6.45) is 0.194. The van der Waals surface area contributed by atoms with Crippen molar-refractivity contribution in [1.29, 1.82) is 5.26 Å². The van der Waals surface area contributed by atoms with Gasteiger partial charge in [-0.3, -0.25) is 4.79 Å². The van der Waals surface area contributed by atoms with Crippen LogP contribution in [0.1, 0.15) is 27.2 Å². The van der Waals surface area contributed by atoms with Gasteiger partial charge in [-0.1, -0.05) is 0 Å². The van der Waals surface area contributed by atoms with Gasteiger partial charge in [-0.05, 0) is 20.8 Å². The first-order valence-electron chi connectivity index (χ1n) is 4.58. The number of nitrogens with zero attached hydrogens (tertiary/aromatic N) is 1. The van der Waals surface area contributed by atoms with Gasteiger partial charge < -0.3 is 9.47 Å². The predicted octanol–water partition coefficient (Wildman–Crippen LogP) is 1.26. The number of hydrogen-bond acceptors (Lipinski definition) is 4. The van der Waals surface area contributed by atoms with Crippen LogP contribution in [-0.2, 0) is 14.3 Å². The molecule has 1 saturated heterocycles. The molecule has 1 aliphatic heterocycles. The minimum atomic E-state index is -0.790. The third-order valence-corrected chi connectivity index (χ3v) is 2.22. The summed E-state index contributed by atoms with van der Waals surface area (Å²) in [6, 6.07) is 2.12. The molecule has 0 saturated carbocycles. The van der Waals surface area contributed by atoms with Gasteiger partial charge in [0.25, 0.3) is 0 Å². The molecule has 0 aromatic heterocycles. The number of Topliss-reactive ketones (excluding diaryl/α,β-unsaturated/α-hetero) is 1. The lowest BCUT2D eigenvalue weighted by Crippen LogP contribution is -2.46. The van der Waals surface area contributed by atoms with Crippen molar-refractivity contribution in [2.45, 2.75) is 33.0 Å². The van der Waals surface area contributed by atoms with E-state index in [1.54, 1.807) is 13.8 Å². The maximum Gasteiger partial charge on any atom is 0.162 e. The highest BCUT2D eigenvalue weighted by Crippen LogP contribution is 2.32. The van der Waals surface area contributed by atoms with Gasteiger partial charge in [0.2, 0.25) is 0 Å². The van der Waals surface area contributed by atoms with E-state index in [-0.39, 0.29) is 25.4 Å². The van der Waals surface area contributed by atoms with Crippen LogP contribution in [0.15, 0.2) is 0 Å². The van der Waals surface area contributed by atoms with Gasteiger partial charge >= 0.3 is 0 Å². The lowest BCUT2D eigenvalue weighted by atomic mass is 9.85. The third kappa shape index (κ3) is 2.53. The Morgan fingerprint density at radius 3 is 2.29 bits per heavy atom. The standard InChI is InChI=1S/C10H15NO3/c1-8(12)4-10(5-11)6-13-9(2,3)14-7-10/h4,6-7H2,1-3H3. The zero-order valence-corrected chi connectivity index (χ0v) is 8.79. The molecule has 4 nitrogen and oxygen atoms in total. The fourth-order valence-corrected chi connectivity index (χ4v) is 1.39. The summed E-state index contributed by atoms with van der Waals surface area (Å²) in [5, 5.41) is 9.00. The molecule has 0 bridgehead atoms. The van der Waals surface area contributed by atoms with Crippen LogP contribution in [0.3, 0.4) is 0 Å². The minimum absolute atomic E-state index is 0.0153. The number of nitriles is 1. The monoisotopic (exact) mass is 197 g/mol. The van der Waals surface area contributed by atoms with Crippen LogP contribution in [0.5, 0.6) is 0 Å². The fourth-order valence-electron chi connectivity index (χ4n) is 1.39. The maximum absolute atomic E-state index is 11.0. The second-order valence-electron chi connectivity index (χ2n) is 4.25. The highest BCUT2D eigenvalue weighted by molar-refractivity contribution is 5.76. The molecule has 78 valence electrons. The van der Waals surface area contributed by atoms with Crippen LogP contribution in [0.25, 0.3) is 0 Å². The van der Waals surface area contributed by atoms with Gasteiger partial charge in [0.15, 0.2) is 5.79 Å². The van der Waals surface area contributed by atoms with E-state index in [9.17, 15) is 4.79 Å². The number of carbonyl (C=O) groups excluding carboxylic acids is 1. The van der Waals surface area contributed by atoms with E-state index in [0.29, 0.717) is 0 Å². The van der Waals surface area contributed by atoms with E-state index >= 15 is 0 Å². The van der Waals surface area contributed by atoms with Crippen molar-refractivity contribution in [1.82, 2.24) is 0 Å². The summed E-state index contributed by atoms with van der Waals surface area (Å²) in [5.41, 5.74) is -0.790. The molecule has 0 aromatic carbocycles. The van der Waals surface area contributed by atoms with Crippen molar-refractivity contribution in [2.75, 3.05) is 13.2 Å². The molecule has 0 aromatic rings. The molecule has 0 amide bonds. The van der Waals surface area contributed by atoms with Crippen molar-refractivity contribution >= 4 is 5.78 Å². The summed E-state index contributed by atoms with van der Waals surface area (Å²) in [4.78, 5) is 11.0. The molecule has 0 unspecified atom stereocenters. The van der Waals surface area contributed by atoms with E-state index in [1.807, 2.05) is 0 Å². The summed E-state index contributed by atoms with van der Waals surface area (Å²) in [6.45, 7) is 5.58. The average molecular weight is 197 g/mol. The van der Waals surface area contributed by atoms with Gasteiger partial charge in [0, 0.05) is 6.42 Å². The Morgan fingerprint density at radius 1 is 1.43 bits per heavy atom. The molecule has 14 heavy (non-hydrogen) atoms. The molecule has 4 heteroatoms. The van der Waals surface area contributed by atoms with Crippen molar-refractivity contribution in [3.05, 3.63) is 0 Å². The number of rotatable bonds is 2. The number of hydrogen-bond donors (Lipinski definition) is 0. The van der Waals surface area contributed by atoms with Crippen molar-refractivity contribution in [3.63, 3.8) is 0 Å². The maximum atomic E-state index is 11.0. The van der Waals surface area contributed by atoms with E-state index in [1.165, 1.54) is 6.92 Å². The first kappa shape index (κ1) is 11.2. The van der Waals surface area contributed by atoms with Crippen LogP contribution in [0.4, 0.5) is 0 Å². The summed E-state index contributed by atoms with van der Waals surface area (Å²) in [7, 11) is 0. The van der Waals surface area contributed by atoms with Gasteiger partial charge in [0.05, 0.1) is 19.3 Å². The Balaban J connectivity index is 2.67. The molecule has 1 fully saturated rings. The molecule has 0 radical (unpaired) electrons. The highest BCUT2D eigenvalue weighted by Gasteiger charge is 2.41. The summed E-state index contributed by atoms with van der Waals surface area (Å²) >= 11 is 0. The normalized spacial score (nSPS) is 23.9. The SMILES string of the molecule is CC(=O)CC1(C#N)COC(C)(C)OC1. The smallest absolute Gasteiger partial charge is 0.162 e. The second kappa shape index (κ2) is 3.68. The Labute approximate surface area is 83.8 Å². The quantitative estimate of drug-likeness (QED) is 0.668. The number of ether oxygens (including phenoxy) is 2. The molecule has 1 aliphatic rings. The lowest BCUT2D eigenvalue weighted by Gasteiger charge is -2.39. The molecule has 0 atom stereocenters. The largest absolute Gasteiger partial charge is 0.349 e. The Kier molecular flexibility index (Phi) is 2.93. The second-order valence-corrected chi connectivity index (χ2v) is 4.25. The van der Waals surface area contributed by atoms with Crippen LogP contribution < -0.4 is 0 Å². The Bertz CT molecular complexity index is 268. The third-order valence-electron chi connectivity index (χ3n) is 2.22. The van der Waals surface area contributed by atoms with Gasteiger partial charge in [-0.15, -0.1) is 0 Å². The van der Waals surface area contributed by atoms with E-state index in [4.69, 9.17) is 14.7 Å². The fraction of sp³-hybridized carbons (Fsp3) is 0.800. The van der Waals surface area contributed by atoms with E-state index in [2.05, 4.69) is 6.07 Å². The molecule has 0 aliphatic carbocycles.